The average Bonchev–Trinajstić information content (AvgIpc) is 3.22. The number of rotatable bonds is 5. The summed E-state index contributed by atoms with van der Waals surface area (Å²) < 4.78 is 1.81. The summed E-state index contributed by atoms with van der Waals surface area (Å²) in [4.78, 5) is 24.0. The molecule has 178 valence electrons. The van der Waals surface area contributed by atoms with E-state index in [9.17, 15) is 4.79 Å². The Morgan fingerprint density at radius 2 is 1.71 bits per heavy atom. The van der Waals surface area contributed by atoms with Crippen LogP contribution in [0, 0.1) is 19.8 Å². The molecule has 0 aliphatic carbocycles. The van der Waals surface area contributed by atoms with E-state index in [0.29, 0.717) is 5.91 Å². The summed E-state index contributed by atoms with van der Waals surface area (Å²) in [6.45, 7) is 9.96. The van der Waals surface area contributed by atoms with Gasteiger partial charge in [0.25, 0.3) is 0 Å². The zero-order valence-electron chi connectivity index (χ0n) is 20.0. The van der Waals surface area contributed by atoms with Gasteiger partial charge in [-0.3, -0.25) is 14.7 Å². The molecule has 0 unspecified atom stereocenters. The van der Waals surface area contributed by atoms with Crippen molar-refractivity contribution in [1.29, 1.82) is 0 Å². The van der Waals surface area contributed by atoms with Crippen molar-refractivity contribution in [2.45, 2.75) is 33.2 Å². The first kappa shape index (κ1) is 22.5. The maximum Gasteiger partial charge on any atom is 0.225 e. The van der Waals surface area contributed by atoms with Crippen molar-refractivity contribution in [3.05, 3.63) is 59.7 Å². The Morgan fingerprint density at radius 3 is 2.32 bits per heavy atom. The van der Waals surface area contributed by atoms with Gasteiger partial charge < -0.3 is 9.80 Å². The van der Waals surface area contributed by atoms with Gasteiger partial charge in [-0.1, -0.05) is 6.07 Å². The van der Waals surface area contributed by atoms with Crippen molar-refractivity contribution in [3.63, 3.8) is 0 Å². The number of aromatic nitrogens is 5. The summed E-state index contributed by atoms with van der Waals surface area (Å²) in [5, 5.41) is 13.3. The quantitative estimate of drug-likeness (QED) is 0.577. The Kier molecular flexibility index (Phi) is 6.53. The lowest BCUT2D eigenvalue weighted by Crippen LogP contribution is -2.51. The van der Waals surface area contributed by atoms with Gasteiger partial charge >= 0.3 is 0 Å². The lowest BCUT2D eigenvalue weighted by Gasteiger charge is -2.38. The van der Waals surface area contributed by atoms with Gasteiger partial charge in [-0.25, -0.2) is 4.68 Å². The highest BCUT2D eigenvalue weighted by molar-refractivity contribution is 5.79. The van der Waals surface area contributed by atoms with E-state index in [4.69, 9.17) is 0 Å². The molecule has 34 heavy (non-hydrogen) atoms. The van der Waals surface area contributed by atoms with Gasteiger partial charge in [0.15, 0.2) is 11.6 Å². The summed E-state index contributed by atoms with van der Waals surface area (Å²) in [5.74, 6) is 2.00. The van der Waals surface area contributed by atoms with Gasteiger partial charge in [0.1, 0.15) is 0 Å². The molecule has 0 bridgehead atoms. The molecule has 2 fully saturated rings. The van der Waals surface area contributed by atoms with Crippen LogP contribution in [-0.2, 0) is 11.3 Å². The Labute approximate surface area is 200 Å². The number of pyridine rings is 1. The van der Waals surface area contributed by atoms with E-state index >= 15 is 0 Å². The van der Waals surface area contributed by atoms with Gasteiger partial charge in [0.05, 0.1) is 5.69 Å². The summed E-state index contributed by atoms with van der Waals surface area (Å²) in [6, 6.07) is 10.1. The van der Waals surface area contributed by atoms with Crippen LogP contribution >= 0.6 is 0 Å². The van der Waals surface area contributed by atoms with Crippen LogP contribution in [0.15, 0.2) is 42.7 Å². The minimum absolute atomic E-state index is 0.100. The normalized spacial score (nSPS) is 17.8. The number of piperazine rings is 1. The molecule has 2 aliphatic rings. The van der Waals surface area contributed by atoms with E-state index in [2.05, 4.69) is 41.0 Å². The van der Waals surface area contributed by atoms with E-state index in [0.717, 1.165) is 81.7 Å². The fourth-order valence-corrected chi connectivity index (χ4v) is 4.95. The monoisotopic (exact) mass is 460 g/mol. The molecule has 0 N–H and O–H groups in total. The number of anilines is 1. The summed E-state index contributed by atoms with van der Waals surface area (Å²) in [6.07, 6.45) is 5.43. The van der Waals surface area contributed by atoms with E-state index in [-0.39, 0.29) is 5.92 Å². The number of hydrogen-bond donors (Lipinski definition) is 0. The lowest BCUT2D eigenvalue weighted by atomic mass is 9.95. The third-order valence-electron chi connectivity index (χ3n) is 6.84. The SMILES string of the molecule is Cc1cc(C)n(-c2ccc(N3CCC(C(=O)N4CCN(Cc5cccnc5)CC4)CC3)nn2)n1. The number of nitrogens with zero attached hydrogens (tertiary/aromatic N) is 8. The van der Waals surface area contributed by atoms with Crippen LogP contribution in [0.4, 0.5) is 5.82 Å². The number of hydrogen-bond acceptors (Lipinski definition) is 7. The van der Waals surface area contributed by atoms with Crippen molar-refractivity contribution in [1.82, 2.24) is 34.8 Å². The molecule has 9 nitrogen and oxygen atoms in total. The number of amides is 1. The van der Waals surface area contributed by atoms with E-state index in [1.807, 2.05) is 49.0 Å². The predicted molar refractivity (Wildman–Crippen MR) is 130 cm³/mol. The van der Waals surface area contributed by atoms with Crippen LogP contribution < -0.4 is 4.90 Å². The minimum atomic E-state index is 0.100. The number of carbonyl (C=O) groups excluding carboxylic acids is 1. The molecule has 5 heterocycles. The van der Waals surface area contributed by atoms with E-state index < -0.39 is 0 Å². The van der Waals surface area contributed by atoms with Crippen LogP contribution in [0.3, 0.4) is 0 Å². The van der Waals surface area contributed by atoms with Crippen molar-refractivity contribution in [2.75, 3.05) is 44.2 Å². The molecule has 0 spiro atoms. The second-order valence-electron chi connectivity index (χ2n) is 9.31. The molecule has 2 saturated heterocycles. The van der Waals surface area contributed by atoms with Crippen LogP contribution in [0.25, 0.3) is 5.82 Å². The van der Waals surface area contributed by atoms with E-state index in [1.54, 1.807) is 6.20 Å². The smallest absolute Gasteiger partial charge is 0.225 e. The van der Waals surface area contributed by atoms with E-state index in [1.165, 1.54) is 5.56 Å². The Balaban J connectivity index is 1.11. The molecule has 9 heteroatoms. The minimum Gasteiger partial charge on any atom is -0.355 e. The highest BCUT2D eigenvalue weighted by Gasteiger charge is 2.31. The van der Waals surface area contributed by atoms with Crippen molar-refractivity contribution >= 4 is 11.7 Å². The maximum atomic E-state index is 13.1. The molecule has 0 atom stereocenters. The first-order chi connectivity index (χ1) is 16.6. The first-order valence-electron chi connectivity index (χ1n) is 12.1. The lowest BCUT2D eigenvalue weighted by molar-refractivity contribution is -0.138. The molecule has 1 amide bonds. The molecular weight excluding hydrogens is 428 g/mol. The number of aryl methyl sites for hydroxylation is 2. The van der Waals surface area contributed by atoms with Gasteiger partial charge in [-0.15, -0.1) is 10.2 Å². The highest BCUT2D eigenvalue weighted by Crippen LogP contribution is 2.24. The molecule has 2 aliphatic heterocycles. The van der Waals surface area contributed by atoms with Gasteiger partial charge in [-0.2, -0.15) is 5.10 Å². The van der Waals surface area contributed by atoms with Crippen molar-refractivity contribution < 1.29 is 4.79 Å². The highest BCUT2D eigenvalue weighted by atomic mass is 16.2. The zero-order chi connectivity index (χ0) is 23.5. The van der Waals surface area contributed by atoms with Crippen LogP contribution in [0.2, 0.25) is 0 Å². The Hall–Kier alpha value is -3.33. The molecule has 3 aromatic heterocycles. The van der Waals surface area contributed by atoms with Crippen LogP contribution in [0.5, 0.6) is 0 Å². The maximum absolute atomic E-state index is 13.1. The fourth-order valence-electron chi connectivity index (χ4n) is 4.95. The topological polar surface area (TPSA) is 83.3 Å². The second-order valence-corrected chi connectivity index (χ2v) is 9.31. The summed E-state index contributed by atoms with van der Waals surface area (Å²) >= 11 is 0. The van der Waals surface area contributed by atoms with Crippen molar-refractivity contribution in [3.8, 4) is 5.82 Å². The fraction of sp³-hybridized carbons (Fsp3) is 0.480. The number of carbonyl (C=O) groups is 1. The molecular formula is C25H32N8O. The van der Waals surface area contributed by atoms with Crippen LogP contribution in [0.1, 0.15) is 29.8 Å². The molecule has 5 rings (SSSR count). The van der Waals surface area contributed by atoms with Crippen molar-refractivity contribution in [2.24, 2.45) is 5.92 Å². The Morgan fingerprint density at radius 1 is 0.971 bits per heavy atom. The molecule has 0 radical (unpaired) electrons. The Bertz CT molecular complexity index is 1100. The zero-order valence-corrected chi connectivity index (χ0v) is 20.0. The summed E-state index contributed by atoms with van der Waals surface area (Å²) in [5.41, 5.74) is 3.22. The molecule has 0 saturated carbocycles. The van der Waals surface area contributed by atoms with Gasteiger partial charge in [-0.05, 0) is 56.5 Å². The van der Waals surface area contributed by atoms with Gasteiger partial charge in [0, 0.05) is 69.8 Å². The predicted octanol–water partition coefficient (Wildman–Crippen LogP) is 2.23. The molecule has 3 aromatic rings. The second kappa shape index (κ2) is 9.89. The number of piperidine rings is 1. The molecule has 0 aromatic carbocycles. The largest absolute Gasteiger partial charge is 0.355 e. The third kappa shape index (κ3) is 4.94. The summed E-state index contributed by atoms with van der Waals surface area (Å²) in [7, 11) is 0. The average molecular weight is 461 g/mol. The standard InChI is InChI=1S/C25H32N8O/c1-19-16-20(2)33(29-19)24-6-5-23(27-28-24)31-10-7-22(8-11-31)25(34)32-14-12-30(13-15-32)18-21-4-3-9-26-17-21/h3-6,9,16-17,22H,7-8,10-15,18H2,1-2H3. The van der Waals surface area contributed by atoms with Crippen LogP contribution in [-0.4, -0.2) is 79.9 Å². The van der Waals surface area contributed by atoms with Gasteiger partial charge in [0.2, 0.25) is 5.91 Å². The first-order valence-corrected chi connectivity index (χ1v) is 12.1. The third-order valence-corrected chi connectivity index (χ3v) is 6.84.